The van der Waals surface area contributed by atoms with E-state index in [0.717, 1.165) is 16.7 Å². The average Bonchev–Trinajstić information content (AvgIpc) is 2.91. The molecule has 0 saturated heterocycles. The van der Waals surface area contributed by atoms with Crippen molar-refractivity contribution in [3.63, 3.8) is 0 Å². The average molecular weight is 258 g/mol. The van der Waals surface area contributed by atoms with Gasteiger partial charge in [-0.05, 0) is 17.7 Å². The topological polar surface area (TPSA) is 60.2 Å². The molecular formula is C13H14N4O2. The Labute approximate surface area is 110 Å². The third-order valence-electron chi connectivity index (χ3n) is 3.25. The SMILES string of the molecule is COc1nc(-c2ccc3c(c2)CN(C)C3=O)nn1C. The quantitative estimate of drug-likeness (QED) is 0.808. The van der Waals surface area contributed by atoms with Gasteiger partial charge in [0.05, 0.1) is 7.11 Å². The number of hydrogen-bond acceptors (Lipinski definition) is 4. The number of hydrogen-bond donors (Lipinski definition) is 0. The van der Waals surface area contributed by atoms with Crippen LogP contribution in [0.5, 0.6) is 6.01 Å². The summed E-state index contributed by atoms with van der Waals surface area (Å²) in [6.07, 6.45) is 0. The number of methoxy groups -OCH3 is 1. The number of fused-ring (bicyclic) bond motifs is 1. The molecule has 1 aliphatic rings. The predicted molar refractivity (Wildman–Crippen MR) is 68.8 cm³/mol. The number of rotatable bonds is 2. The molecule has 0 N–H and O–H groups in total. The number of carbonyl (C=O) groups is 1. The minimum absolute atomic E-state index is 0.0631. The van der Waals surface area contributed by atoms with Crippen molar-refractivity contribution >= 4 is 5.91 Å². The maximum atomic E-state index is 11.8. The molecule has 0 radical (unpaired) electrons. The summed E-state index contributed by atoms with van der Waals surface area (Å²) in [4.78, 5) is 17.8. The lowest BCUT2D eigenvalue weighted by atomic mass is 10.1. The Bertz CT molecular complexity index is 663. The fourth-order valence-electron chi connectivity index (χ4n) is 2.28. The molecule has 0 atom stereocenters. The molecule has 0 spiro atoms. The first-order valence-electron chi connectivity index (χ1n) is 5.94. The van der Waals surface area contributed by atoms with E-state index in [4.69, 9.17) is 4.74 Å². The molecule has 0 fully saturated rings. The summed E-state index contributed by atoms with van der Waals surface area (Å²) in [5, 5.41) is 4.30. The second-order valence-electron chi connectivity index (χ2n) is 4.58. The molecule has 0 unspecified atom stereocenters. The van der Waals surface area contributed by atoms with Crippen LogP contribution < -0.4 is 4.74 Å². The fraction of sp³-hybridized carbons (Fsp3) is 0.308. The van der Waals surface area contributed by atoms with Crippen LogP contribution in [0.25, 0.3) is 11.4 Å². The molecule has 19 heavy (non-hydrogen) atoms. The second-order valence-corrected chi connectivity index (χ2v) is 4.58. The Morgan fingerprint density at radius 3 is 2.79 bits per heavy atom. The Hall–Kier alpha value is -2.37. The van der Waals surface area contributed by atoms with E-state index in [1.807, 2.05) is 18.2 Å². The van der Waals surface area contributed by atoms with Crippen LogP contribution in [0, 0.1) is 0 Å². The summed E-state index contributed by atoms with van der Waals surface area (Å²) in [6, 6.07) is 6.12. The van der Waals surface area contributed by atoms with Crippen molar-refractivity contribution in [2.24, 2.45) is 7.05 Å². The molecule has 1 aromatic heterocycles. The fourth-order valence-corrected chi connectivity index (χ4v) is 2.28. The highest BCUT2D eigenvalue weighted by atomic mass is 16.5. The molecule has 1 aromatic carbocycles. The largest absolute Gasteiger partial charge is 0.467 e. The number of amides is 1. The van der Waals surface area contributed by atoms with E-state index in [9.17, 15) is 4.79 Å². The summed E-state index contributed by atoms with van der Waals surface area (Å²) in [5.41, 5.74) is 2.66. The molecule has 2 aromatic rings. The minimum Gasteiger partial charge on any atom is -0.467 e. The number of ether oxygens (including phenoxy) is 1. The molecule has 0 aliphatic carbocycles. The number of aryl methyl sites for hydroxylation is 1. The highest BCUT2D eigenvalue weighted by Gasteiger charge is 2.24. The molecule has 0 bridgehead atoms. The third kappa shape index (κ3) is 1.76. The van der Waals surface area contributed by atoms with Crippen molar-refractivity contribution in [1.29, 1.82) is 0 Å². The van der Waals surface area contributed by atoms with E-state index >= 15 is 0 Å². The van der Waals surface area contributed by atoms with Gasteiger partial charge in [-0.25, -0.2) is 4.68 Å². The molecule has 0 saturated carbocycles. The van der Waals surface area contributed by atoms with Crippen molar-refractivity contribution in [2.75, 3.05) is 14.2 Å². The summed E-state index contributed by atoms with van der Waals surface area (Å²) in [5.74, 6) is 0.664. The van der Waals surface area contributed by atoms with Crippen LogP contribution in [0.15, 0.2) is 18.2 Å². The minimum atomic E-state index is 0.0631. The molecule has 98 valence electrons. The van der Waals surface area contributed by atoms with E-state index < -0.39 is 0 Å². The number of aromatic nitrogens is 3. The van der Waals surface area contributed by atoms with Crippen LogP contribution in [-0.2, 0) is 13.6 Å². The van der Waals surface area contributed by atoms with Gasteiger partial charge >= 0.3 is 6.01 Å². The third-order valence-corrected chi connectivity index (χ3v) is 3.25. The van der Waals surface area contributed by atoms with Gasteiger partial charge in [0.25, 0.3) is 5.91 Å². The van der Waals surface area contributed by atoms with Gasteiger partial charge in [0.2, 0.25) is 0 Å². The smallest absolute Gasteiger partial charge is 0.314 e. The molecule has 6 nitrogen and oxygen atoms in total. The number of carbonyl (C=O) groups excluding carboxylic acids is 1. The lowest BCUT2D eigenvalue weighted by Crippen LogP contribution is -2.17. The van der Waals surface area contributed by atoms with Crippen LogP contribution in [0.2, 0.25) is 0 Å². The van der Waals surface area contributed by atoms with E-state index in [-0.39, 0.29) is 5.91 Å². The summed E-state index contributed by atoms with van der Waals surface area (Å²) < 4.78 is 6.68. The Morgan fingerprint density at radius 2 is 2.11 bits per heavy atom. The van der Waals surface area contributed by atoms with Crippen LogP contribution >= 0.6 is 0 Å². The molecule has 2 heterocycles. The normalized spacial score (nSPS) is 13.8. The van der Waals surface area contributed by atoms with Gasteiger partial charge < -0.3 is 9.64 Å². The second kappa shape index (κ2) is 4.08. The Balaban J connectivity index is 2.03. The molecule has 6 heteroatoms. The van der Waals surface area contributed by atoms with Crippen molar-refractivity contribution in [2.45, 2.75) is 6.54 Å². The van der Waals surface area contributed by atoms with Gasteiger partial charge in [-0.2, -0.15) is 4.98 Å². The van der Waals surface area contributed by atoms with Gasteiger partial charge in [-0.1, -0.05) is 6.07 Å². The first kappa shape index (κ1) is 11.7. The van der Waals surface area contributed by atoms with Gasteiger partial charge in [-0.15, -0.1) is 5.10 Å². The van der Waals surface area contributed by atoms with E-state index in [1.165, 1.54) is 0 Å². The summed E-state index contributed by atoms with van der Waals surface area (Å²) in [7, 11) is 5.13. The standard InChI is InChI=1S/C13H14N4O2/c1-16-7-9-6-8(4-5-10(9)12(16)18)11-14-13(19-3)17(2)15-11/h4-6H,7H2,1-3H3. The highest BCUT2D eigenvalue weighted by Crippen LogP contribution is 2.27. The zero-order valence-electron chi connectivity index (χ0n) is 11.0. The van der Waals surface area contributed by atoms with Crippen molar-refractivity contribution in [3.8, 4) is 17.4 Å². The highest BCUT2D eigenvalue weighted by molar-refractivity contribution is 5.98. The first-order chi connectivity index (χ1) is 9.10. The predicted octanol–water partition coefficient (Wildman–Crippen LogP) is 1.08. The van der Waals surface area contributed by atoms with E-state index in [2.05, 4.69) is 10.1 Å². The number of nitrogens with zero attached hydrogens (tertiary/aromatic N) is 4. The van der Waals surface area contributed by atoms with Crippen molar-refractivity contribution in [1.82, 2.24) is 19.7 Å². The van der Waals surface area contributed by atoms with Crippen LogP contribution in [0.3, 0.4) is 0 Å². The van der Waals surface area contributed by atoms with E-state index in [1.54, 1.807) is 30.8 Å². The van der Waals surface area contributed by atoms with Gasteiger partial charge in [-0.3, -0.25) is 4.79 Å². The molecule has 1 amide bonds. The summed E-state index contributed by atoms with van der Waals surface area (Å²) >= 11 is 0. The van der Waals surface area contributed by atoms with Crippen LogP contribution in [0.1, 0.15) is 15.9 Å². The molecular weight excluding hydrogens is 244 g/mol. The molecule has 1 aliphatic heterocycles. The lowest BCUT2D eigenvalue weighted by Gasteiger charge is -2.04. The maximum Gasteiger partial charge on any atom is 0.314 e. The van der Waals surface area contributed by atoms with Crippen molar-refractivity contribution in [3.05, 3.63) is 29.3 Å². The monoisotopic (exact) mass is 258 g/mol. The van der Waals surface area contributed by atoms with E-state index in [0.29, 0.717) is 18.4 Å². The van der Waals surface area contributed by atoms with Gasteiger partial charge in [0.15, 0.2) is 5.82 Å². The summed E-state index contributed by atoms with van der Waals surface area (Å²) in [6.45, 7) is 0.631. The van der Waals surface area contributed by atoms with Crippen LogP contribution in [-0.4, -0.2) is 39.7 Å². The van der Waals surface area contributed by atoms with Gasteiger partial charge in [0, 0.05) is 31.8 Å². The maximum absolute atomic E-state index is 11.8. The van der Waals surface area contributed by atoms with Crippen LogP contribution in [0.4, 0.5) is 0 Å². The number of benzene rings is 1. The molecule has 3 rings (SSSR count). The lowest BCUT2D eigenvalue weighted by molar-refractivity contribution is 0.0816. The first-order valence-corrected chi connectivity index (χ1v) is 5.94. The Kier molecular flexibility index (Phi) is 2.51. The zero-order valence-corrected chi connectivity index (χ0v) is 11.0. The van der Waals surface area contributed by atoms with Crippen molar-refractivity contribution < 1.29 is 9.53 Å². The Morgan fingerprint density at radius 1 is 1.32 bits per heavy atom. The zero-order chi connectivity index (χ0) is 13.6. The van der Waals surface area contributed by atoms with Gasteiger partial charge in [0.1, 0.15) is 0 Å².